The van der Waals surface area contributed by atoms with Gasteiger partial charge in [-0.2, -0.15) is 0 Å². The highest BCUT2D eigenvalue weighted by Crippen LogP contribution is 2.26. The van der Waals surface area contributed by atoms with E-state index in [1.165, 1.54) is 11.1 Å². The van der Waals surface area contributed by atoms with Crippen LogP contribution in [0.5, 0.6) is 11.5 Å². The van der Waals surface area contributed by atoms with Crippen LogP contribution < -0.4 is 10.1 Å². The van der Waals surface area contributed by atoms with Gasteiger partial charge in [0.05, 0.1) is 7.11 Å². The van der Waals surface area contributed by atoms with Gasteiger partial charge in [-0.05, 0) is 35.2 Å². The van der Waals surface area contributed by atoms with Crippen LogP contribution >= 0.6 is 0 Å². The molecule has 2 N–H and O–H groups in total. The summed E-state index contributed by atoms with van der Waals surface area (Å²) < 4.78 is 5.11. The Morgan fingerprint density at radius 3 is 2.50 bits per heavy atom. The summed E-state index contributed by atoms with van der Waals surface area (Å²) in [6.07, 6.45) is 1.05. The number of phenols is 1. The lowest BCUT2D eigenvalue weighted by Gasteiger charge is -2.10. The van der Waals surface area contributed by atoms with Crippen LogP contribution in [0.2, 0.25) is 0 Å². The van der Waals surface area contributed by atoms with Crippen molar-refractivity contribution in [1.82, 2.24) is 5.32 Å². The van der Waals surface area contributed by atoms with Crippen LogP contribution in [-0.4, -0.2) is 12.2 Å². The summed E-state index contributed by atoms with van der Waals surface area (Å²) in [5, 5.41) is 13.0. The normalized spacial score (nSPS) is 10.5. The fourth-order valence-corrected chi connectivity index (χ4v) is 2.25. The summed E-state index contributed by atoms with van der Waals surface area (Å²) in [4.78, 5) is 0. The molecule has 3 nitrogen and oxygen atoms in total. The molecule has 0 aromatic heterocycles. The van der Waals surface area contributed by atoms with Gasteiger partial charge in [0.1, 0.15) is 0 Å². The van der Waals surface area contributed by atoms with Crippen LogP contribution in [0.4, 0.5) is 0 Å². The molecule has 0 heterocycles. The van der Waals surface area contributed by atoms with Crippen LogP contribution in [0.15, 0.2) is 42.5 Å². The number of phenolic OH excluding ortho intramolecular Hbond substituents is 1. The lowest BCUT2D eigenvalue weighted by Crippen LogP contribution is -2.13. The third-order valence-corrected chi connectivity index (χ3v) is 3.39. The van der Waals surface area contributed by atoms with E-state index in [1.807, 2.05) is 12.1 Å². The van der Waals surface area contributed by atoms with Crippen LogP contribution in [0.3, 0.4) is 0 Å². The number of aryl methyl sites for hydroxylation is 1. The fraction of sp³-hybridized carbons (Fsp3) is 0.294. The molecule has 0 atom stereocenters. The van der Waals surface area contributed by atoms with Crippen LogP contribution in [0.1, 0.15) is 23.6 Å². The van der Waals surface area contributed by atoms with Crippen molar-refractivity contribution < 1.29 is 9.84 Å². The summed E-state index contributed by atoms with van der Waals surface area (Å²) in [5.74, 6) is 0.686. The molecule has 0 aliphatic heterocycles. The lowest BCUT2D eigenvalue weighted by molar-refractivity contribution is 0.373. The van der Waals surface area contributed by atoms with E-state index in [1.54, 1.807) is 13.2 Å². The molecule has 20 heavy (non-hydrogen) atoms. The predicted molar refractivity (Wildman–Crippen MR) is 81.0 cm³/mol. The van der Waals surface area contributed by atoms with Gasteiger partial charge in [-0.1, -0.05) is 37.3 Å². The SMILES string of the molecule is CCc1ccccc1CNCc1ccc(O)c(OC)c1. The Hall–Kier alpha value is -2.00. The van der Waals surface area contributed by atoms with Crippen molar-refractivity contribution in [3.05, 3.63) is 59.2 Å². The van der Waals surface area contributed by atoms with E-state index in [0.29, 0.717) is 5.75 Å². The minimum Gasteiger partial charge on any atom is -0.504 e. The van der Waals surface area contributed by atoms with Gasteiger partial charge < -0.3 is 15.2 Å². The zero-order valence-electron chi connectivity index (χ0n) is 12.0. The molecule has 106 valence electrons. The Morgan fingerprint density at radius 1 is 1.05 bits per heavy atom. The molecule has 2 aromatic carbocycles. The molecule has 2 aromatic rings. The molecular formula is C17H21NO2. The van der Waals surface area contributed by atoms with Crippen molar-refractivity contribution in [2.45, 2.75) is 26.4 Å². The third-order valence-electron chi connectivity index (χ3n) is 3.39. The summed E-state index contributed by atoms with van der Waals surface area (Å²) in [7, 11) is 1.56. The van der Waals surface area contributed by atoms with Gasteiger partial charge >= 0.3 is 0 Å². The molecule has 0 bridgehead atoms. The number of benzene rings is 2. The summed E-state index contributed by atoms with van der Waals surface area (Å²) >= 11 is 0. The van der Waals surface area contributed by atoms with E-state index >= 15 is 0 Å². The van der Waals surface area contributed by atoms with E-state index < -0.39 is 0 Å². The molecule has 0 radical (unpaired) electrons. The minimum atomic E-state index is 0.174. The van der Waals surface area contributed by atoms with Gasteiger partial charge in [0, 0.05) is 13.1 Å². The zero-order valence-corrected chi connectivity index (χ0v) is 12.0. The summed E-state index contributed by atoms with van der Waals surface area (Å²) in [6.45, 7) is 3.76. The maximum absolute atomic E-state index is 9.56. The molecule has 0 aliphatic carbocycles. The first-order valence-corrected chi connectivity index (χ1v) is 6.88. The molecule has 3 heteroatoms. The smallest absolute Gasteiger partial charge is 0.160 e. The quantitative estimate of drug-likeness (QED) is 0.847. The highest BCUT2D eigenvalue weighted by atomic mass is 16.5. The van der Waals surface area contributed by atoms with Crippen molar-refractivity contribution in [1.29, 1.82) is 0 Å². The lowest BCUT2D eigenvalue weighted by atomic mass is 10.1. The second kappa shape index (κ2) is 6.96. The van der Waals surface area contributed by atoms with Crippen molar-refractivity contribution in [3.8, 4) is 11.5 Å². The van der Waals surface area contributed by atoms with Gasteiger partial charge in [0.25, 0.3) is 0 Å². The largest absolute Gasteiger partial charge is 0.504 e. The van der Waals surface area contributed by atoms with Crippen LogP contribution in [0.25, 0.3) is 0 Å². The topological polar surface area (TPSA) is 41.5 Å². The van der Waals surface area contributed by atoms with E-state index in [2.05, 4.69) is 36.5 Å². The van der Waals surface area contributed by atoms with Gasteiger partial charge in [0.2, 0.25) is 0 Å². The predicted octanol–water partition coefficient (Wildman–Crippen LogP) is 3.25. The van der Waals surface area contributed by atoms with E-state index in [4.69, 9.17) is 4.74 Å². The number of nitrogens with one attached hydrogen (secondary N) is 1. The van der Waals surface area contributed by atoms with Crippen molar-refractivity contribution in [3.63, 3.8) is 0 Å². The fourth-order valence-electron chi connectivity index (χ4n) is 2.25. The Labute approximate surface area is 120 Å². The molecule has 0 aliphatic rings. The number of rotatable bonds is 6. The number of ether oxygens (including phenoxy) is 1. The molecule has 0 saturated heterocycles. The summed E-state index contributed by atoms with van der Waals surface area (Å²) in [6, 6.07) is 13.9. The molecule has 0 fully saturated rings. The number of hydrogen-bond acceptors (Lipinski definition) is 3. The van der Waals surface area contributed by atoms with E-state index in [9.17, 15) is 5.11 Å². The standard InChI is InChI=1S/C17H21NO2/c1-3-14-6-4-5-7-15(14)12-18-11-13-8-9-16(19)17(10-13)20-2/h4-10,18-19H,3,11-12H2,1-2H3. The second-order valence-corrected chi connectivity index (χ2v) is 4.73. The van der Waals surface area contributed by atoms with E-state index in [0.717, 1.165) is 25.1 Å². The molecule has 0 spiro atoms. The molecule has 0 amide bonds. The zero-order chi connectivity index (χ0) is 14.4. The molecular weight excluding hydrogens is 250 g/mol. The highest BCUT2D eigenvalue weighted by molar-refractivity contribution is 5.41. The third kappa shape index (κ3) is 3.52. The Morgan fingerprint density at radius 2 is 1.80 bits per heavy atom. The average Bonchev–Trinajstić information content (AvgIpc) is 2.49. The van der Waals surface area contributed by atoms with E-state index in [-0.39, 0.29) is 5.75 Å². The Bertz CT molecular complexity index is 567. The van der Waals surface area contributed by atoms with Crippen molar-refractivity contribution in [2.24, 2.45) is 0 Å². The summed E-state index contributed by atoms with van der Waals surface area (Å²) in [5.41, 5.74) is 3.80. The number of aromatic hydroxyl groups is 1. The van der Waals surface area contributed by atoms with Crippen molar-refractivity contribution >= 4 is 0 Å². The van der Waals surface area contributed by atoms with Gasteiger partial charge in [-0.3, -0.25) is 0 Å². The van der Waals surface area contributed by atoms with Gasteiger partial charge in [-0.25, -0.2) is 0 Å². The van der Waals surface area contributed by atoms with Gasteiger partial charge in [-0.15, -0.1) is 0 Å². The first-order chi connectivity index (χ1) is 9.74. The maximum Gasteiger partial charge on any atom is 0.160 e. The molecule has 0 saturated carbocycles. The highest BCUT2D eigenvalue weighted by Gasteiger charge is 2.03. The second-order valence-electron chi connectivity index (χ2n) is 4.73. The average molecular weight is 271 g/mol. The Balaban J connectivity index is 1.96. The van der Waals surface area contributed by atoms with Crippen molar-refractivity contribution in [2.75, 3.05) is 7.11 Å². The van der Waals surface area contributed by atoms with Crippen LogP contribution in [-0.2, 0) is 19.5 Å². The number of methoxy groups -OCH3 is 1. The minimum absolute atomic E-state index is 0.174. The monoisotopic (exact) mass is 271 g/mol. The van der Waals surface area contributed by atoms with Crippen LogP contribution in [0, 0.1) is 0 Å². The first-order valence-electron chi connectivity index (χ1n) is 6.88. The Kier molecular flexibility index (Phi) is 5.02. The molecule has 2 rings (SSSR count). The van der Waals surface area contributed by atoms with Gasteiger partial charge in [0.15, 0.2) is 11.5 Å². The maximum atomic E-state index is 9.56. The first kappa shape index (κ1) is 14.4. The molecule has 0 unspecified atom stereocenters. The number of hydrogen-bond donors (Lipinski definition) is 2.